The molecule has 1 aromatic carbocycles. The second kappa shape index (κ2) is 5.55. The molecule has 1 aromatic rings. The van der Waals surface area contributed by atoms with Crippen molar-refractivity contribution in [2.45, 2.75) is 51.9 Å². The zero-order valence-electron chi connectivity index (χ0n) is 14.8. The maximum Gasteiger partial charge on any atom is 0.238 e. The number of rotatable bonds is 2. The Morgan fingerprint density at radius 1 is 0.880 bits per heavy atom. The summed E-state index contributed by atoms with van der Waals surface area (Å²) in [6, 6.07) is 7.98. The second-order valence-electron chi connectivity index (χ2n) is 8.13. The van der Waals surface area contributed by atoms with Crippen molar-refractivity contribution in [1.82, 2.24) is 0 Å². The Morgan fingerprint density at radius 2 is 1.40 bits per heavy atom. The van der Waals surface area contributed by atoms with E-state index in [1.165, 1.54) is 23.3 Å². The number of imide groups is 1. The number of carbonyl (C=O) groups is 2. The molecule has 0 unspecified atom stereocenters. The third-order valence-corrected chi connectivity index (χ3v) is 7.10. The minimum atomic E-state index is -0.0947. The molecule has 3 aliphatic carbocycles. The van der Waals surface area contributed by atoms with Crippen LogP contribution in [-0.2, 0) is 16.0 Å². The zero-order chi connectivity index (χ0) is 17.1. The van der Waals surface area contributed by atoms with E-state index in [9.17, 15) is 9.59 Å². The summed E-state index contributed by atoms with van der Waals surface area (Å²) < 4.78 is 0. The van der Waals surface area contributed by atoms with Gasteiger partial charge in [-0.25, -0.2) is 0 Å². The number of allylic oxidation sites excluding steroid dienone is 2. The monoisotopic (exact) mass is 335 g/mol. The first kappa shape index (κ1) is 15.4. The van der Waals surface area contributed by atoms with Gasteiger partial charge in [0, 0.05) is 0 Å². The van der Waals surface area contributed by atoms with Gasteiger partial charge in [0.05, 0.1) is 17.5 Å². The van der Waals surface area contributed by atoms with E-state index in [1.54, 1.807) is 11.1 Å². The highest BCUT2D eigenvalue weighted by Crippen LogP contribution is 2.57. The van der Waals surface area contributed by atoms with E-state index in [0.29, 0.717) is 11.8 Å². The lowest BCUT2D eigenvalue weighted by molar-refractivity contribution is -0.122. The molecule has 0 bridgehead atoms. The molecule has 0 aromatic heterocycles. The number of aryl methyl sites for hydroxylation is 1. The van der Waals surface area contributed by atoms with Gasteiger partial charge in [0.25, 0.3) is 0 Å². The fraction of sp³-hybridized carbons (Fsp3) is 0.545. The zero-order valence-corrected chi connectivity index (χ0v) is 14.8. The highest BCUT2D eigenvalue weighted by molar-refractivity contribution is 6.22. The van der Waals surface area contributed by atoms with Gasteiger partial charge in [-0.05, 0) is 74.5 Å². The van der Waals surface area contributed by atoms with Crippen molar-refractivity contribution in [3.05, 3.63) is 41.0 Å². The Hall–Kier alpha value is -1.90. The van der Waals surface area contributed by atoms with Gasteiger partial charge in [-0.2, -0.15) is 0 Å². The first-order valence-corrected chi connectivity index (χ1v) is 9.89. The summed E-state index contributed by atoms with van der Waals surface area (Å²) in [6.07, 6.45) is 7.84. The summed E-state index contributed by atoms with van der Waals surface area (Å²) in [4.78, 5) is 28.2. The molecule has 4 aliphatic rings. The van der Waals surface area contributed by atoms with Crippen LogP contribution in [0.4, 0.5) is 5.69 Å². The van der Waals surface area contributed by atoms with E-state index in [4.69, 9.17) is 0 Å². The summed E-state index contributed by atoms with van der Waals surface area (Å²) in [5.74, 6) is 0.617. The normalized spacial score (nSPS) is 33.7. The van der Waals surface area contributed by atoms with Crippen LogP contribution in [0.5, 0.6) is 0 Å². The quantitative estimate of drug-likeness (QED) is 0.598. The van der Waals surface area contributed by atoms with Crippen molar-refractivity contribution in [3.8, 4) is 0 Å². The SMILES string of the molecule is CCc1ccc(N2C(=O)[C@H]3[C@H](C2=O)[C@H]2CCCC2=C2CCC[C@H]23)cc1. The molecule has 1 heterocycles. The van der Waals surface area contributed by atoms with Gasteiger partial charge in [0.15, 0.2) is 0 Å². The second-order valence-corrected chi connectivity index (χ2v) is 8.13. The van der Waals surface area contributed by atoms with Gasteiger partial charge in [-0.3, -0.25) is 14.5 Å². The number of carbonyl (C=O) groups excluding carboxylic acids is 2. The van der Waals surface area contributed by atoms with Crippen molar-refractivity contribution in [3.63, 3.8) is 0 Å². The molecule has 0 radical (unpaired) electrons. The maximum atomic E-state index is 13.3. The minimum Gasteiger partial charge on any atom is -0.274 e. The van der Waals surface area contributed by atoms with Gasteiger partial charge >= 0.3 is 0 Å². The average molecular weight is 335 g/mol. The third-order valence-electron chi connectivity index (χ3n) is 7.10. The molecular formula is C22H25NO2. The molecule has 3 fully saturated rings. The predicted molar refractivity (Wildman–Crippen MR) is 97.0 cm³/mol. The number of benzene rings is 1. The minimum absolute atomic E-state index is 0.0644. The van der Waals surface area contributed by atoms with E-state index in [1.807, 2.05) is 24.3 Å². The predicted octanol–water partition coefficient (Wildman–Crippen LogP) is 4.27. The molecule has 4 atom stereocenters. The van der Waals surface area contributed by atoms with Crippen LogP contribution >= 0.6 is 0 Å². The lowest BCUT2D eigenvalue weighted by atomic mass is 9.66. The number of fused-ring (bicyclic) bond motifs is 5. The van der Waals surface area contributed by atoms with E-state index in [2.05, 4.69) is 6.92 Å². The summed E-state index contributed by atoms with van der Waals surface area (Å²) in [5, 5.41) is 0. The van der Waals surface area contributed by atoms with Crippen molar-refractivity contribution in [1.29, 1.82) is 0 Å². The van der Waals surface area contributed by atoms with E-state index >= 15 is 0 Å². The first-order valence-electron chi connectivity index (χ1n) is 9.89. The molecule has 25 heavy (non-hydrogen) atoms. The van der Waals surface area contributed by atoms with Crippen LogP contribution in [-0.4, -0.2) is 11.8 Å². The van der Waals surface area contributed by atoms with Gasteiger partial charge in [-0.1, -0.05) is 30.2 Å². The van der Waals surface area contributed by atoms with Gasteiger partial charge in [0.1, 0.15) is 0 Å². The molecule has 0 N–H and O–H groups in total. The molecule has 2 amide bonds. The first-order chi connectivity index (χ1) is 12.2. The molecule has 3 nitrogen and oxygen atoms in total. The molecule has 5 rings (SSSR count). The molecule has 130 valence electrons. The van der Waals surface area contributed by atoms with Crippen LogP contribution in [0.2, 0.25) is 0 Å². The van der Waals surface area contributed by atoms with E-state index in [0.717, 1.165) is 37.8 Å². The molecular weight excluding hydrogens is 310 g/mol. The van der Waals surface area contributed by atoms with E-state index in [-0.39, 0.29) is 23.7 Å². The molecule has 3 heteroatoms. The number of hydrogen-bond donors (Lipinski definition) is 0. The molecule has 0 spiro atoms. The van der Waals surface area contributed by atoms with Crippen LogP contribution < -0.4 is 4.90 Å². The highest BCUT2D eigenvalue weighted by atomic mass is 16.2. The average Bonchev–Trinajstić information content (AvgIpc) is 3.33. The fourth-order valence-electron chi connectivity index (χ4n) is 6.03. The summed E-state index contributed by atoms with van der Waals surface area (Å²) in [5.41, 5.74) is 5.12. The van der Waals surface area contributed by atoms with Crippen LogP contribution in [0.15, 0.2) is 35.4 Å². The Kier molecular flexibility index (Phi) is 3.41. The smallest absolute Gasteiger partial charge is 0.238 e. The summed E-state index contributed by atoms with van der Waals surface area (Å²) >= 11 is 0. The van der Waals surface area contributed by atoms with Crippen molar-refractivity contribution < 1.29 is 9.59 Å². The molecule has 1 saturated heterocycles. The highest BCUT2D eigenvalue weighted by Gasteiger charge is 2.59. The van der Waals surface area contributed by atoms with Gasteiger partial charge in [-0.15, -0.1) is 0 Å². The van der Waals surface area contributed by atoms with Crippen molar-refractivity contribution in [2.75, 3.05) is 4.90 Å². The fourth-order valence-corrected chi connectivity index (χ4v) is 6.03. The lowest BCUT2D eigenvalue weighted by Crippen LogP contribution is -2.35. The van der Waals surface area contributed by atoms with Crippen molar-refractivity contribution >= 4 is 17.5 Å². The molecule has 1 aliphatic heterocycles. The van der Waals surface area contributed by atoms with Crippen LogP contribution in [0, 0.1) is 23.7 Å². The van der Waals surface area contributed by atoms with Gasteiger partial charge < -0.3 is 0 Å². The third kappa shape index (κ3) is 2.04. The Balaban J connectivity index is 1.56. The number of anilines is 1. The molecule has 2 saturated carbocycles. The Morgan fingerprint density at radius 3 is 1.88 bits per heavy atom. The Bertz CT molecular complexity index is 734. The number of hydrogen-bond acceptors (Lipinski definition) is 2. The maximum absolute atomic E-state index is 13.3. The topological polar surface area (TPSA) is 37.4 Å². The Labute approximate surface area is 149 Å². The number of amides is 2. The van der Waals surface area contributed by atoms with Crippen LogP contribution in [0.1, 0.15) is 51.0 Å². The van der Waals surface area contributed by atoms with Crippen LogP contribution in [0.25, 0.3) is 0 Å². The van der Waals surface area contributed by atoms with E-state index < -0.39 is 0 Å². The standard InChI is InChI=1S/C22H25NO2/c1-2-13-9-11-14(12-10-13)23-21(24)19-17-7-3-5-15(17)16-6-4-8-18(16)20(19)22(23)25/h9-12,17-20H,2-8H2,1H3/t17-,18+,19-,20-/m1/s1. The summed E-state index contributed by atoms with van der Waals surface area (Å²) in [6.45, 7) is 2.12. The lowest BCUT2D eigenvalue weighted by Gasteiger charge is -2.34. The van der Waals surface area contributed by atoms with Gasteiger partial charge in [0.2, 0.25) is 11.8 Å². The van der Waals surface area contributed by atoms with Crippen LogP contribution in [0.3, 0.4) is 0 Å². The largest absolute Gasteiger partial charge is 0.274 e. The summed E-state index contributed by atoms with van der Waals surface area (Å²) in [7, 11) is 0. The number of nitrogens with zero attached hydrogens (tertiary/aromatic N) is 1. The van der Waals surface area contributed by atoms with Crippen molar-refractivity contribution in [2.24, 2.45) is 23.7 Å².